The smallest absolute Gasteiger partial charge is 0.310 e. The lowest BCUT2D eigenvalue weighted by Crippen LogP contribution is -2.32. The van der Waals surface area contributed by atoms with Gasteiger partial charge in [-0.2, -0.15) is 0 Å². The zero-order chi connectivity index (χ0) is 52.4. The number of hydrogen-bond acceptors (Lipinski definition) is 18. The van der Waals surface area contributed by atoms with Gasteiger partial charge in [-0.15, -0.1) is 0 Å². The molecule has 0 fully saturated rings. The van der Waals surface area contributed by atoms with Gasteiger partial charge in [0.25, 0.3) is 0 Å². The van der Waals surface area contributed by atoms with Crippen LogP contribution in [0.4, 0.5) is 0 Å². The van der Waals surface area contributed by atoms with E-state index in [9.17, 15) is 38.4 Å². The summed E-state index contributed by atoms with van der Waals surface area (Å²) < 4.78 is 41.1. The molecule has 5 rings (SSSR count). The van der Waals surface area contributed by atoms with E-state index in [-0.39, 0.29) is 77.0 Å². The molecule has 5 heterocycles. The average molecular weight is 989 g/mol. The molecule has 0 radical (unpaired) electrons. The third-order valence-corrected chi connectivity index (χ3v) is 13.9. The summed E-state index contributed by atoms with van der Waals surface area (Å²) in [5.74, 6) is -5.84. The van der Waals surface area contributed by atoms with Gasteiger partial charge in [0.05, 0.1) is 88.3 Å². The summed E-state index contributed by atoms with van der Waals surface area (Å²) in [6, 6.07) is 5.21. The van der Waals surface area contributed by atoms with Crippen LogP contribution in [0.3, 0.4) is 0 Å². The first-order valence-corrected chi connectivity index (χ1v) is 23.1. The van der Waals surface area contributed by atoms with Gasteiger partial charge in [0.1, 0.15) is 0 Å². The predicted molar refractivity (Wildman–Crippen MR) is 254 cm³/mol. The van der Waals surface area contributed by atoms with Crippen LogP contribution >= 0.6 is 0 Å². The lowest BCUT2D eigenvalue weighted by Gasteiger charge is -2.32. The maximum atomic E-state index is 13.6. The molecule has 4 atom stereocenters. The number of nitrogens with zero attached hydrogens (tertiary/aromatic N) is 2. The van der Waals surface area contributed by atoms with Gasteiger partial charge in [-0.1, -0.05) is 13.8 Å². The molecule has 20 nitrogen and oxygen atoms in total. The Morgan fingerprint density at radius 3 is 1.39 bits per heavy atom. The number of esters is 8. The Bertz CT molecular complexity index is 2740. The molecule has 0 amide bonds. The van der Waals surface area contributed by atoms with Crippen molar-refractivity contribution < 1.29 is 76.3 Å². The Morgan fingerprint density at radius 2 is 0.887 bits per heavy atom. The van der Waals surface area contributed by atoms with Crippen LogP contribution in [0.1, 0.15) is 128 Å². The molecule has 0 spiro atoms. The first-order valence-electron chi connectivity index (χ1n) is 23.1. The second kappa shape index (κ2) is 23.7. The Morgan fingerprint density at radius 1 is 0.479 bits per heavy atom. The molecule has 20 heteroatoms. The van der Waals surface area contributed by atoms with Crippen LogP contribution in [0.15, 0.2) is 18.2 Å². The normalized spacial score (nSPS) is 18.2. The number of hydrogen-bond donors (Lipinski definition) is 2. The number of aromatic nitrogens is 4. The molecule has 384 valence electrons. The standard InChI is InChI=1S/C51H64N4O16/c1-27-48-31(21-45(61)69-9)29(13-17-41(57)65-5)35(54-48)22-34-28(12-16-40(56)64-4)30(20-44(60)68-8)36(52-34)23-37-32(14-18-42(58)66-6)50(2,25-46(62)70-10)39(53-37)24-38-33(15-19-43(59)67-7)51(3,49(27)55-38)26-47(63)71-11/h22-24,32-33,52,54H,12-21,25-26H2,1-11H3. The van der Waals surface area contributed by atoms with E-state index in [1.54, 1.807) is 25.1 Å². The van der Waals surface area contributed by atoms with E-state index < -0.39 is 70.4 Å². The highest BCUT2D eigenvalue weighted by molar-refractivity contribution is 5.87. The first-order chi connectivity index (χ1) is 33.7. The molecule has 71 heavy (non-hydrogen) atoms. The number of aryl methyl sites for hydroxylation is 3. The quantitative estimate of drug-likeness (QED) is 0.106. The van der Waals surface area contributed by atoms with Crippen LogP contribution in [-0.4, -0.2) is 125 Å². The Labute approximate surface area is 411 Å². The maximum absolute atomic E-state index is 13.6. The molecule has 0 aliphatic carbocycles. The average Bonchev–Trinajstić information content (AvgIpc) is 4.02. The fourth-order valence-corrected chi connectivity index (χ4v) is 10.00. The number of fused-ring (bicyclic) bond motifs is 8. The van der Waals surface area contributed by atoms with Crippen LogP contribution in [0, 0.1) is 6.92 Å². The first kappa shape index (κ1) is 54.8. The van der Waals surface area contributed by atoms with Gasteiger partial charge in [0.15, 0.2) is 0 Å². The van der Waals surface area contributed by atoms with E-state index in [4.69, 9.17) is 47.9 Å². The third kappa shape index (κ3) is 12.1. The van der Waals surface area contributed by atoms with Gasteiger partial charge in [-0.3, -0.25) is 48.3 Å². The van der Waals surface area contributed by atoms with Crippen LogP contribution in [0.2, 0.25) is 0 Å². The summed E-state index contributed by atoms with van der Waals surface area (Å²) in [7, 11) is 10.1. The van der Waals surface area contributed by atoms with E-state index >= 15 is 0 Å². The van der Waals surface area contributed by atoms with Crippen molar-refractivity contribution in [3.8, 4) is 0 Å². The molecule has 8 bridgehead atoms. The molecule has 2 aliphatic heterocycles. The third-order valence-electron chi connectivity index (χ3n) is 13.9. The summed E-state index contributed by atoms with van der Waals surface area (Å²) in [5.41, 5.74) is 3.18. The van der Waals surface area contributed by atoms with Crippen LogP contribution in [0.25, 0.3) is 22.1 Å². The summed E-state index contributed by atoms with van der Waals surface area (Å²) in [6.45, 7) is 5.44. The monoisotopic (exact) mass is 988 g/mol. The number of H-pyrrole nitrogens is 2. The van der Waals surface area contributed by atoms with Crippen molar-refractivity contribution >= 4 is 69.8 Å². The van der Waals surface area contributed by atoms with E-state index in [2.05, 4.69) is 9.97 Å². The molecule has 2 aliphatic rings. The van der Waals surface area contributed by atoms with Crippen molar-refractivity contribution in [1.82, 2.24) is 19.9 Å². The highest BCUT2D eigenvalue weighted by Gasteiger charge is 2.49. The number of methoxy groups -OCH3 is 8. The van der Waals surface area contributed by atoms with Gasteiger partial charge < -0.3 is 47.9 Å². The number of carbonyl (C=O) groups excluding carboxylic acids is 8. The lowest BCUT2D eigenvalue weighted by molar-refractivity contribution is -0.143. The molecular formula is C51H64N4O16. The van der Waals surface area contributed by atoms with Crippen LogP contribution < -0.4 is 0 Å². The van der Waals surface area contributed by atoms with E-state index in [1.165, 1.54) is 56.9 Å². The minimum atomic E-state index is -1.21. The summed E-state index contributed by atoms with van der Waals surface area (Å²) in [6.07, 6.45) is -0.967. The van der Waals surface area contributed by atoms with Gasteiger partial charge in [-0.05, 0) is 78.6 Å². The summed E-state index contributed by atoms with van der Waals surface area (Å²) in [4.78, 5) is 123. The zero-order valence-corrected chi connectivity index (χ0v) is 42.3. The van der Waals surface area contributed by atoms with Crippen molar-refractivity contribution in [3.05, 3.63) is 68.8 Å². The summed E-state index contributed by atoms with van der Waals surface area (Å²) in [5, 5.41) is 0. The van der Waals surface area contributed by atoms with Gasteiger partial charge in [0.2, 0.25) is 0 Å². The topological polar surface area (TPSA) is 268 Å². The molecule has 3 aromatic rings. The van der Waals surface area contributed by atoms with Gasteiger partial charge >= 0.3 is 47.8 Å². The second-order valence-electron chi connectivity index (χ2n) is 18.0. The number of rotatable bonds is 20. The molecule has 0 saturated carbocycles. The number of aromatic amines is 2. The number of carbonyl (C=O) groups is 8. The van der Waals surface area contributed by atoms with E-state index in [1.807, 2.05) is 13.8 Å². The Balaban J connectivity index is 2.16. The lowest BCUT2D eigenvalue weighted by atomic mass is 9.68. The van der Waals surface area contributed by atoms with Gasteiger partial charge in [0, 0.05) is 87.5 Å². The van der Waals surface area contributed by atoms with Gasteiger partial charge in [-0.25, -0.2) is 0 Å². The molecular weight excluding hydrogens is 925 g/mol. The molecule has 4 unspecified atom stereocenters. The van der Waals surface area contributed by atoms with Crippen LogP contribution in [0.5, 0.6) is 0 Å². The van der Waals surface area contributed by atoms with Crippen molar-refractivity contribution in [1.29, 1.82) is 0 Å². The van der Waals surface area contributed by atoms with Crippen molar-refractivity contribution in [2.24, 2.45) is 0 Å². The fraction of sp³-hybridized carbons (Fsp3) is 0.529. The number of nitrogens with one attached hydrogen (secondary N) is 2. The SMILES string of the molecule is COC(=O)CCc1c(CC(=O)OC)c2cc3nc(cc4nc(c(C)c5[nH]c(cc1[nH]2)c(CCC(=O)OC)c5CC(=O)OC)C(C)(CC(=O)OC)C4CCC(=O)OC)C(C)(CC(=O)OC)C3CCC(=O)OC. The second-order valence-corrected chi connectivity index (χ2v) is 18.0. The minimum Gasteiger partial charge on any atom is -0.469 e. The predicted octanol–water partition coefficient (Wildman–Crippen LogP) is 5.38. The Kier molecular flexibility index (Phi) is 18.3. The molecule has 0 aromatic carbocycles. The Hall–Kier alpha value is -7.12. The fourth-order valence-electron chi connectivity index (χ4n) is 10.00. The molecule has 3 aromatic heterocycles. The largest absolute Gasteiger partial charge is 0.469 e. The molecule has 2 N–H and O–H groups in total. The maximum Gasteiger partial charge on any atom is 0.310 e. The van der Waals surface area contributed by atoms with E-state index in [0.29, 0.717) is 72.7 Å². The highest BCUT2D eigenvalue weighted by Crippen LogP contribution is 2.52. The van der Waals surface area contributed by atoms with E-state index in [0.717, 1.165) is 0 Å². The minimum absolute atomic E-state index is 0.0649. The molecule has 0 saturated heterocycles. The van der Waals surface area contributed by atoms with Crippen LogP contribution in [-0.2, 0) is 113 Å². The van der Waals surface area contributed by atoms with Crippen molar-refractivity contribution in [2.75, 3.05) is 56.9 Å². The summed E-state index contributed by atoms with van der Waals surface area (Å²) >= 11 is 0. The zero-order valence-electron chi connectivity index (χ0n) is 42.3. The highest BCUT2D eigenvalue weighted by atomic mass is 16.5. The van der Waals surface area contributed by atoms with Crippen molar-refractivity contribution in [3.63, 3.8) is 0 Å². The van der Waals surface area contributed by atoms with Crippen molar-refractivity contribution in [2.45, 2.75) is 120 Å². The number of ether oxygens (including phenoxy) is 8.